The zero-order valence-corrected chi connectivity index (χ0v) is 20.0. The lowest BCUT2D eigenvalue weighted by Gasteiger charge is -2.28. The molecule has 0 radical (unpaired) electrons. The van der Waals surface area contributed by atoms with Crippen LogP contribution in [0.1, 0.15) is 24.5 Å². The summed E-state index contributed by atoms with van der Waals surface area (Å²) in [6, 6.07) is 22.8. The smallest absolute Gasteiger partial charge is 0.412 e. The molecule has 0 aliphatic rings. The minimum atomic E-state index is -1.04. The van der Waals surface area contributed by atoms with Crippen LogP contribution in [-0.2, 0) is 9.53 Å². The Hall–Kier alpha value is -3.91. The van der Waals surface area contributed by atoms with Crippen LogP contribution in [0.2, 0.25) is 0 Å². The number of amides is 1. The van der Waals surface area contributed by atoms with Gasteiger partial charge in [0.25, 0.3) is 0 Å². The van der Waals surface area contributed by atoms with E-state index in [0.717, 1.165) is 11.0 Å². The minimum Gasteiger partial charge on any atom is -0.508 e. The first-order valence-corrected chi connectivity index (χ1v) is 12.2. The normalized spacial score (nSPS) is 12.6. The second-order valence-electron chi connectivity index (χ2n) is 7.56. The highest BCUT2D eigenvalue weighted by Gasteiger charge is 2.29. The number of hydrogen-bond acceptors (Lipinski definition) is 6. The molecule has 3 rings (SSSR count). The van der Waals surface area contributed by atoms with E-state index in [1.165, 1.54) is 18.2 Å². The zero-order valence-electron chi connectivity index (χ0n) is 19.2. The van der Waals surface area contributed by atoms with Gasteiger partial charge in [0.05, 0.1) is 0 Å². The molecule has 0 saturated heterocycles. The van der Waals surface area contributed by atoms with Crippen LogP contribution < -0.4 is 10.1 Å². The van der Waals surface area contributed by atoms with Crippen LogP contribution in [0.25, 0.3) is 0 Å². The summed E-state index contributed by atoms with van der Waals surface area (Å²) >= 11 is 1.60. The number of para-hydroxylation sites is 1. The number of carbonyl (C=O) groups excluding carboxylic acids is 1. The molecule has 3 N–H and O–H groups in total. The summed E-state index contributed by atoms with van der Waals surface area (Å²) in [5.41, 5.74) is 1.21. The maximum atomic E-state index is 12.9. The summed E-state index contributed by atoms with van der Waals surface area (Å²) in [7, 11) is 0. The van der Waals surface area contributed by atoms with Gasteiger partial charge >= 0.3 is 12.1 Å². The van der Waals surface area contributed by atoms with Gasteiger partial charge in [0.1, 0.15) is 17.6 Å². The molecular weight excluding hydrogens is 466 g/mol. The number of allylic oxidation sites excluding steroid dienone is 1. The number of phenols is 1. The molecule has 0 heterocycles. The van der Waals surface area contributed by atoms with Crippen molar-refractivity contribution >= 4 is 29.5 Å². The Bertz CT molecular complexity index is 1120. The molecule has 0 unspecified atom stereocenters. The highest BCUT2D eigenvalue weighted by molar-refractivity contribution is 7.98. The topological polar surface area (TPSA) is 105 Å². The third kappa shape index (κ3) is 8.42. The van der Waals surface area contributed by atoms with E-state index < -0.39 is 24.3 Å². The highest BCUT2D eigenvalue weighted by atomic mass is 32.2. The summed E-state index contributed by atoms with van der Waals surface area (Å²) in [5, 5.41) is 21.4. The van der Waals surface area contributed by atoms with Crippen LogP contribution in [0, 0.1) is 0 Å². The molecule has 0 saturated carbocycles. The van der Waals surface area contributed by atoms with Crippen LogP contribution in [0.5, 0.6) is 11.5 Å². The molecule has 0 aromatic heterocycles. The van der Waals surface area contributed by atoms with Crippen molar-refractivity contribution in [3.63, 3.8) is 0 Å². The highest BCUT2D eigenvalue weighted by Crippen LogP contribution is 2.30. The van der Waals surface area contributed by atoms with Gasteiger partial charge in [0.2, 0.25) is 0 Å². The van der Waals surface area contributed by atoms with E-state index >= 15 is 0 Å². The van der Waals surface area contributed by atoms with E-state index in [-0.39, 0.29) is 5.75 Å². The molecule has 0 fully saturated rings. The predicted molar refractivity (Wildman–Crippen MR) is 136 cm³/mol. The number of benzene rings is 3. The van der Waals surface area contributed by atoms with Gasteiger partial charge in [-0.3, -0.25) is 5.32 Å². The number of nitrogens with one attached hydrogen (secondary N) is 1. The Morgan fingerprint density at radius 3 is 2.31 bits per heavy atom. The molecule has 3 aromatic carbocycles. The van der Waals surface area contributed by atoms with E-state index in [9.17, 15) is 14.7 Å². The van der Waals surface area contributed by atoms with Crippen molar-refractivity contribution in [2.45, 2.75) is 29.9 Å². The van der Waals surface area contributed by atoms with Crippen molar-refractivity contribution in [2.24, 2.45) is 0 Å². The number of rotatable bonds is 11. The lowest BCUT2D eigenvalue weighted by atomic mass is 10.00. The molecule has 0 aliphatic heterocycles. The monoisotopic (exact) mass is 493 g/mol. The molecular formula is C27H27NO6S. The fourth-order valence-electron chi connectivity index (χ4n) is 3.35. The Morgan fingerprint density at radius 2 is 1.69 bits per heavy atom. The Labute approximate surface area is 208 Å². The Morgan fingerprint density at radius 1 is 1.00 bits per heavy atom. The first-order chi connectivity index (χ1) is 16.9. The second-order valence-corrected chi connectivity index (χ2v) is 8.44. The van der Waals surface area contributed by atoms with E-state index in [1.54, 1.807) is 48.2 Å². The maximum absolute atomic E-state index is 12.9. The summed E-state index contributed by atoms with van der Waals surface area (Å²) in [6.45, 7) is 0. The molecule has 0 aliphatic carbocycles. The van der Waals surface area contributed by atoms with Crippen LogP contribution in [0.15, 0.2) is 95.9 Å². The Balaban J connectivity index is 1.85. The van der Waals surface area contributed by atoms with Gasteiger partial charge in [-0.2, -0.15) is 0 Å². The van der Waals surface area contributed by atoms with Crippen molar-refractivity contribution in [1.82, 2.24) is 0 Å². The molecule has 2 atom stereocenters. The number of thioether (sulfide) groups is 1. The third-order valence-corrected chi connectivity index (χ3v) is 5.78. The van der Waals surface area contributed by atoms with Crippen LogP contribution in [0.3, 0.4) is 0 Å². The number of hydrogen-bond donors (Lipinski definition) is 3. The quantitative estimate of drug-likeness (QED) is 0.213. The molecule has 0 spiro atoms. The summed E-state index contributed by atoms with van der Waals surface area (Å²) in [6.07, 6.45) is 3.20. The number of anilines is 1. The first-order valence-electron chi connectivity index (χ1n) is 11.0. The fourth-order valence-corrected chi connectivity index (χ4v) is 3.76. The van der Waals surface area contributed by atoms with Crippen molar-refractivity contribution in [1.29, 1.82) is 0 Å². The standard InChI is InChI=1S/C27H27NO6S/c1-35-23-17-13-20(14-18-23)28-27(32)34-26(19-11-15-21(29)16-12-19)24(9-5-6-10-25(30)31)33-22-7-3-2-4-8-22/h2-4,6-8,10-18,24,26,29H,5,9H2,1H3,(H,28,32)(H,30,31)/b10-6+/t24-,26-/m0/s1. The van der Waals surface area contributed by atoms with Crippen LogP contribution in [-0.4, -0.2) is 34.6 Å². The van der Waals surface area contributed by atoms with Crippen molar-refractivity contribution < 1.29 is 29.3 Å². The van der Waals surface area contributed by atoms with Gasteiger partial charge in [-0.25, -0.2) is 9.59 Å². The lowest BCUT2D eigenvalue weighted by Crippen LogP contribution is -2.31. The van der Waals surface area contributed by atoms with Crippen LogP contribution >= 0.6 is 11.8 Å². The van der Waals surface area contributed by atoms with Gasteiger partial charge < -0.3 is 19.7 Å². The SMILES string of the molecule is CSc1ccc(NC(=O)O[C@@H](c2ccc(O)cc2)[C@H](CC/C=C/C(=O)O)Oc2ccccc2)cc1. The largest absolute Gasteiger partial charge is 0.508 e. The molecule has 1 amide bonds. The van der Waals surface area contributed by atoms with Gasteiger partial charge in [-0.05, 0) is 73.2 Å². The van der Waals surface area contributed by atoms with Gasteiger partial charge in [0, 0.05) is 16.7 Å². The van der Waals surface area contributed by atoms with Gasteiger partial charge in [-0.1, -0.05) is 36.4 Å². The van der Waals surface area contributed by atoms with Crippen molar-refractivity contribution in [3.05, 3.63) is 96.6 Å². The number of aromatic hydroxyl groups is 1. The zero-order chi connectivity index (χ0) is 25.0. The van der Waals surface area contributed by atoms with Crippen LogP contribution in [0.4, 0.5) is 10.5 Å². The minimum absolute atomic E-state index is 0.0794. The van der Waals surface area contributed by atoms with Crippen molar-refractivity contribution in [2.75, 3.05) is 11.6 Å². The molecule has 0 bridgehead atoms. The van der Waals surface area contributed by atoms with Crippen molar-refractivity contribution in [3.8, 4) is 11.5 Å². The summed E-state index contributed by atoms with van der Waals surface area (Å²) in [5.74, 6) is -0.375. The molecule has 7 nitrogen and oxygen atoms in total. The third-order valence-electron chi connectivity index (χ3n) is 5.04. The average molecular weight is 494 g/mol. The number of carboxylic acid groups (broad SMARTS) is 1. The number of aliphatic carboxylic acids is 1. The number of phenolic OH excluding ortho intramolecular Hbond substituents is 1. The van der Waals surface area contributed by atoms with E-state index in [2.05, 4.69) is 5.32 Å². The van der Waals surface area contributed by atoms with E-state index in [4.69, 9.17) is 14.6 Å². The molecule has 3 aromatic rings. The average Bonchev–Trinajstić information content (AvgIpc) is 2.86. The van der Waals surface area contributed by atoms with Gasteiger partial charge in [0.15, 0.2) is 6.10 Å². The Kier molecular flexibility index (Phi) is 9.62. The van der Waals surface area contributed by atoms with E-state index in [1.807, 2.05) is 36.6 Å². The summed E-state index contributed by atoms with van der Waals surface area (Å²) < 4.78 is 12.0. The molecule has 35 heavy (non-hydrogen) atoms. The van der Waals surface area contributed by atoms with E-state index in [0.29, 0.717) is 29.8 Å². The number of ether oxygens (including phenoxy) is 2. The summed E-state index contributed by atoms with van der Waals surface area (Å²) in [4.78, 5) is 24.8. The number of carbonyl (C=O) groups is 2. The second kappa shape index (κ2) is 13.1. The molecule has 182 valence electrons. The predicted octanol–water partition coefficient (Wildman–Crippen LogP) is 6.27. The number of carboxylic acids is 1. The molecule has 8 heteroatoms. The maximum Gasteiger partial charge on any atom is 0.412 e. The lowest BCUT2D eigenvalue weighted by molar-refractivity contribution is -0.131. The van der Waals surface area contributed by atoms with Gasteiger partial charge in [-0.15, -0.1) is 11.8 Å². The fraction of sp³-hybridized carbons (Fsp3) is 0.185. The first kappa shape index (κ1) is 25.7.